The molecule has 1 unspecified atom stereocenters. The van der Waals surface area contributed by atoms with Crippen LogP contribution in [0.2, 0.25) is 6.32 Å². The quantitative estimate of drug-likeness (QED) is 0.581. The van der Waals surface area contributed by atoms with E-state index in [1.165, 1.54) is 6.92 Å². The van der Waals surface area contributed by atoms with Crippen LogP contribution in [-0.4, -0.2) is 66.8 Å². The molecule has 1 aliphatic carbocycles. The van der Waals surface area contributed by atoms with E-state index >= 15 is 0 Å². The van der Waals surface area contributed by atoms with Crippen LogP contribution in [0.25, 0.3) is 0 Å². The highest BCUT2D eigenvalue weighted by atomic mass is 16.7. The Balaban J connectivity index is 2.21. The number of nitrogens with zero attached hydrogens (tertiary/aromatic N) is 1. The molecule has 2 amide bonds. The van der Waals surface area contributed by atoms with Crippen LogP contribution in [0.15, 0.2) is 0 Å². The molecule has 32 heavy (non-hydrogen) atoms. The van der Waals surface area contributed by atoms with Crippen molar-refractivity contribution in [1.29, 1.82) is 0 Å². The molecule has 2 rings (SSSR count). The summed E-state index contributed by atoms with van der Waals surface area (Å²) >= 11 is 0. The van der Waals surface area contributed by atoms with Gasteiger partial charge in [-0.25, -0.2) is 0 Å². The Bertz CT molecular complexity index is 673. The zero-order valence-electron chi connectivity index (χ0n) is 22.1. The van der Waals surface area contributed by atoms with Gasteiger partial charge in [-0.2, -0.15) is 0 Å². The molecule has 3 atom stereocenters. The lowest BCUT2D eigenvalue weighted by atomic mass is 9.66. The molecule has 0 spiro atoms. The van der Waals surface area contributed by atoms with Gasteiger partial charge in [-0.1, -0.05) is 6.42 Å². The molecule has 1 heterocycles. The molecule has 0 aromatic heterocycles. The lowest BCUT2D eigenvalue weighted by Crippen LogP contribution is -2.64. The standard InChI is InChI=1S/C24H46BN3O4/c1-17(29)26-24(20(30)27-21(2,3)4)14-18(13-19(15-24)16-28(9)10)11-12-25-31-22(5,6)23(7,8)32-25/h18-19H,11-16H2,1-10H3,(H,26,29)(H,27,30)/t18-,19-,24?/m1/s1. The van der Waals surface area contributed by atoms with Gasteiger partial charge in [0.15, 0.2) is 0 Å². The predicted molar refractivity (Wildman–Crippen MR) is 129 cm³/mol. The Morgan fingerprint density at radius 1 is 1.03 bits per heavy atom. The highest BCUT2D eigenvalue weighted by Gasteiger charge is 2.52. The maximum absolute atomic E-state index is 13.5. The first-order chi connectivity index (χ1) is 14.4. The third kappa shape index (κ3) is 6.94. The normalized spacial score (nSPS) is 29.8. The van der Waals surface area contributed by atoms with Gasteiger partial charge < -0.3 is 24.8 Å². The van der Waals surface area contributed by atoms with Crippen LogP contribution in [0, 0.1) is 11.8 Å². The minimum absolute atomic E-state index is 0.0794. The topological polar surface area (TPSA) is 79.9 Å². The largest absolute Gasteiger partial charge is 0.457 e. The van der Waals surface area contributed by atoms with E-state index in [1.54, 1.807) is 0 Å². The average molecular weight is 451 g/mol. The minimum Gasteiger partial charge on any atom is -0.403 e. The molecule has 0 bridgehead atoms. The van der Waals surface area contributed by atoms with Gasteiger partial charge in [0.05, 0.1) is 11.2 Å². The zero-order valence-corrected chi connectivity index (χ0v) is 22.1. The minimum atomic E-state index is -0.890. The Hall–Kier alpha value is -1.12. The van der Waals surface area contributed by atoms with Crippen LogP contribution in [0.3, 0.4) is 0 Å². The molecule has 7 nitrogen and oxygen atoms in total. The summed E-state index contributed by atoms with van der Waals surface area (Å²) in [5.74, 6) is 0.374. The number of carbonyl (C=O) groups excluding carboxylic acids is 2. The van der Waals surface area contributed by atoms with Gasteiger partial charge in [0.1, 0.15) is 5.54 Å². The van der Waals surface area contributed by atoms with Crippen LogP contribution in [-0.2, 0) is 18.9 Å². The van der Waals surface area contributed by atoms with Crippen LogP contribution >= 0.6 is 0 Å². The smallest absolute Gasteiger partial charge is 0.403 e. The van der Waals surface area contributed by atoms with Crippen LogP contribution in [0.4, 0.5) is 0 Å². The summed E-state index contributed by atoms with van der Waals surface area (Å²) in [6.45, 7) is 16.6. The van der Waals surface area contributed by atoms with Crippen molar-refractivity contribution in [2.24, 2.45) is 11.8 Å². The Labute approximate surface area is 195 Å². The summed E-state index contributed by atoms with van der Waals surface area (Å²) in [4.78, 5) is 27.8. The maximum Gasteiger partial charge on any atom is 0.457 e. The van der Waals surface area contributed by atoms with Crippen molar-refractivity contribution >= 4 is 18.9 Å². The van der Waals surface area contributed by atoms with E-state index < -0.39 is 5.54 Å². The molecular formula is C24H46BN3O4. The number of hydrogen-bond acceptors (Lipinski definition) is 5. The molecule has 0 radical (unpaired) electrons. The summed E-state index contributed by atoms with van der Waals surface area (Å²) in [6.07, 6.45) is 3.99. The van der Waals surface area contributed by atoms with E-state index in [0.717, 1.165) is 25.7 Å². The van der Waals surface area contributed by atoms with E-state index in [-0.39, 0.29) is 35.7 Å². The molecule has 1 aliphatic heterocycles. The second kappa shape index (κ2) is 9.63. The Morgan fingerprint density at radius 3 is 2.03 bits per heavy atom. The van der Waals surface area contributed by atoms with Crippen LogP contribution < -0.4 is 10.6 Å². The fourth-order valence-electron chi connectivity index (χ4n) is 5.18. The lowest BCUT2D eigenvalue weighted by molar-refractivity contribution is -0.137. The highest BCUT2D eigenvalue weighted by Crippen LogP contribution is 2.42. The first kappa shape index (κ1) is 27.1. The van der Waals surface area contributed by atoms with Gasteiger partial charge >= 0.3 is 7.12 Å². The fraction of sp³-hybridized carbons (Fsp3) is 0.917. The molecule has 0 aromatic rings. The monoisotopic (exact) mass is 451 g/mol. The van der Waals surface area contributed by atoms with Crippen LogP contribution in [0.1, 0.15) is 81.1 Å². The Morgan fingerprint density at radius 2 is 1.56 bits per heavy atom. The predicted octanol–water partition coefficient (Wildman–Crippen LogP) is 3.24. The van der Waals surface area contributed by atoms with Gasteiger partial charge in [0.25, 0.3) is 0 Å². The number of hydrogen-bond donors (Lipinski definition) is 2. The molecule has 2 fully saturated rings. The van der Waals surface area contributed by atoms with Crippen molar-refractivity contribution in [3.8, 4) is 0 Å². The van der Waals surface area contributed by atoms with E-state index in [1.807, 2.05) is 20.8 Å². The summed E-state index contributed by atoms with van der Waals surface area (Å²) in [5, 5.41) is 6.20. The van der Waals surface area contributed by atoms with Crippen molar-refractivity contribution in [2.45, 2.75) is 110 Å². The SMILES string of the molecule is CC(=O)NC1(C(=O)NC(C)(C)C)C[C@H](CCB2OC(C)(C)C(C)(C)O2)C[C@@H](CN(C)C)C1. The zero-order chi connectivity index (χ0) is 24.5. The first-order valence-electron chi connectivity index (χ1n) is 12.1. The highest BCUT2D eigenvalue weighted by molar-refractivity contribution is 6.45. The van der Waals surface area contributed by atoms with Gasteiger partial charge in [-0.3, -0.25) is 9.59 Å². The molecule has 1 saturated heterocycles. The third-order valence-electron chi connectivity index (χ3n) is 7.02. The summed E-state index contributed by atoms with van der Waals surface area (Å²) in [5.41, 5.74) is -1.94. The average Bonchev–Trinajstić information content (AvgIpc) is 2.77. The van der Waals surface area contributed by atoms with Crippen molar-refractivity contribution in [3.05, 3.63) is 0 Å². The molecule has 1 saturated carbocycles. The lowest BCUT2D eigenvalue weighted by Gasteiger charge is -2.45. The van der Waals surface area contributed by atoms with Crippen LogP contribution in [0.5, 0.6) is 0 Å². The molecular weight excluding hydrogens is 405 g/mol. The number of amides is 2. The first-order valence-corrected chi connectivity index (χ1v) is 12.1. The second-order valence-electron chi connectivity index (χ2n) is 12.4. The van der Waals surface area contributed by atoms with Gasteiger partial charge in [0, 0.05) is 19.0 Å². The van der Waals surface area contributed by atoms with Crippen molar-refractivity contribution in [1.82, 2.24) is 15.5 Å². The van der Waals surface area contributed by atoms with E-state index in [2.05, 4.69) is 57.3 Å². The van der Waals surface area contributed by atoms with Crippen molar-refractivity contribution in [2.75, 3.05) is 20.6 Å². The molecule has 184 valence electrons. The molecule has 2 N–H and O–H groups in total. The van der Waals surface area contributed by atoms with E-state index in [9.17, 15) is 9.59 Å². The van der Waals surface area contributed by atoms with Crippen molar-refractivity contribution in [3.63, 3.8) is 0 Å². The summed E-state index contributed by atoms with van der Waals surface area (Å²) in [7, 11) is 3.87. The van der Waals surface area contributed by atoms with E-state index in [0.29, 0.717) is 24.7 Å². The van der Waals surface area contributed by atoms with Crippen molar-refractivity contribution < 1.29 is 18.9 Å². The summed E-state index contributed by atoms with van der Waals surface area (Å²) in [6, 6.07) is 0. The number of nitrogens with one attached hydrogen (secondary N) is 2. The van der Waals surface area contributed by atoms with Gasteiger partial charge in [-0.05, 0) is 100.0 Å². The van der Waals surface area contributed by atoms with E-state index in [4.69, 9.17) is 9.31 Å². The Kier molecular flexibility index (Phi) is 8.16. The fourth-order valence-corrected chi connectivity index (χ4v) is 5.18. The number of carbonyl (C=O) groups is 2. The summed E-state index contributed by atoms with van der Waals surface area (Å²) < 4.78 is 12.4. The molecule has 2 aliphatic rings. The van der Waals surface area contributed by atoms with Gasteiger partial charge in [0.2, 0.25) is 11.8 Å². The third-order valence-corrected chi connectivity index (χ3v) is 7.02. The molecule has 0 aromatic carbocycles. The number of rotatable bonds is 7. The maximum atomic E-state index is 13.5. The molecule has 8 heteroatoms. The second-order valence-corrected chi connectivity index (χ2v) is 12.4. The van der Waals surface area contributed by atoms with Gasteiger partial charge in [-0.15, -0.1) is 0 Å².